The highest BCUT2D eigenvalue weighted by atomic mass is 16.5. The molecule has 2 aromatic rings. The molecule has 0 amide bonds. The van der Waals surface area contributed by atoms with Crippen LogP contribution >= 0.6 is 0 Å². The Kier molecular flexibility index (Phi) is 7.02. The summed E-state index contributed by atoms with van der Waals surface area (Å²) in [5, 5.41) is 23.6. The summed E-state index contributed by atoms with van der Waals surface area (Å²) in [6, 6.07) is 8.91. The molecule has 0 radical (unpaired) electrons. The highest BCUT2D eigenvalue weighted by Gasteiger charge is 2.41. The molecule has 182 valence electrons. The van der Waals surface area contributed by atoms with Crippen LogP contribution < -0.4 is 5.32 Å². The molecule has 3 heterocycles. The minimum Gasteiger partial charge on any atom is -0.508 e. The monoisotopic (exact) mass is 465 g/mol. The molecule has 1 saturated carbocycles. The predicted octanol–water partition coefficient (Wildman–Crippen LogP) is 4.26. The molecule has 1 saturated heterocycles. The lowest BCUT2D eigenvalue weighted by molar-refractivity contribution is -0.151. The first kappa shape index (κ1) is 23.1. The van der Waals surface area contributed by atoms with Gasteiger partial charge >= 0.3 is 5.97 Å². The minimum absolute atomic E-state index is 0.0805. The molecule has 3 aliphatic rings. The van der Waals surface area contributed by atoms with Gasteiger partial charge in [0, 0.05) is 37.5 Å². The van der Waals surface area contributed by atoms with Crippen molar-refractivity contribution in [1.29, 1.82) is 0 Å². The van der Waals surface area contributed by atoms with E-state index in [-0.39, 0.29) is 11.9 Å². The average Bonchev–Trinajstić information content (AvgIpc) is 3.64. The van der Waals surface area contributed by atoms with Gasteiger partial charge in [0.1, 0.15) is 17.6 Å². The minimum atomic E-state index is -0.864. The van der Waals surface area contributed by atoms with Gasteiger partial charge in [-0.3, -0.25) is 9.69 Å². The number of aromatic hydroxyl groups is 1. The van der Waals surface area contributed by atoms with Crippen LogP contribution in [0.2, 0.25) is 0 Å². The zero-order valence-corrected chi connectivity index (χ0v) is 19.7. The van der Waals surface area contributed by atoms with Gasteiger partial charge in [-0.2, -0.15) is 0 Å². The molecular formula is C27H35N3O4. The van der Waals surface area contributed by atoms with E-state index in [9.17, 15) is 15.0 Å². The van der Waals surface area contributed by atoms with Crippen molar-refractivity contribution in [2.24, 2.45) is 0 Å². The van der Waals surface area contributed by atoms with Gasteiger partial charge in [0.15, 0.2) is 0 Å². The molecule has 0 spiro atoms. The Bertz CT molecular complexity index is 1020. The van der Waals surface area contributed by atoms with Crippen molar-refractivity contribution in [2.45, 2.75) is 69.4 Å². The first-order chi connectivity index (χ1) is 16.6. The van der Waals surface area contributed by atoms with E-state index in [4.69, 9.17) is 9.72 Å². The van der Waals surface area contributed by atoms with E-state index in [1.807, 2.05) is 11.0 Å². The van der Waals surface area contributed by atoms with Crippen molar-refractivity contribution in [3.63, 3.8) is 0 Å². The molecule has 1 unspecified atom stereocenters. The van der Waals surface area contributed by atoms with Gasteiger partial charge in [-0.25, -0.2) is 4.98 Å². The highest BCUT2D eigenvalue weighted by molar-refractivity contribution is 5.77. The van der Waals surface area contributed by atoms with Crippen molar-refractivity contribution in [3.05, 3.63) is 52.7 Å². The number of phenols is 1. The van der Waals surface area contributed by atoms with E-state index < -0.39 is 12.0 Å². The summed E-state index contributed by atoms with van der Waals surface area (Å²) in [6.07, 6.45) is 8.58. The summed E-state index contributed by atoms with van der Waals surface area (Å²) in [6.45, 7) is 2.95. The molecule has 3 N–H and O–H groups in total. The standard InChI is InChI=1S/C27H35N3O4/c31-23-9-4-8-22(24(23)18-10-11-18)25(27(32)33)30-16-21(17-30)34-15-3-1-2-7-20-13-12-19-6-5-14-28-26(19)29-20/h4,8-9,12-13,18,21,25,31H,1-3,5-7,10-11,14-17H2,(H,28,29)(H,32,33). The Morgan fingerprint density at radius 2 is 2.03 bits per heavy atom. The number of aliphatic carboxylic acids is 1. The third-order valence-corrected chi connectivity index (χ3v) is 7.25. The van der Waals surface area contributed by atoms with Gasteiger partial charge in [0.25, 0.3) is 0 Å². The lowest BCUT2D eigenvalue weighted by Crippen LogP contribution is -2.55. The fourth-order valence-corrected chi connectivity index (χ4v) is 5.24. The second-order valence-corrected chi connectivity index (χ2v) is 9.89. The number of pyridine rings is 1. The summed E-state index contributed by atoms with van der Waals surface area (Å²) in [7, 11) is 0. The van der Waals surface area contributed by atoms with E-state index in [2.05, 4.69) is 17.4 Å². The van der Waals surface area contributed by atoms with Crippen molar-refractivity contribution in [2.75, 3.05) is 31.6 Å². The smallest absolute Gasteiger partial charge is 0.325 e. The number of carbonyl (C=O) groups is 1. The zero-order chi connectivity index (χ0) is 23.5. The predicted molar refractivity (Wildman–Crippen MR) is 130 cm³/mol. The molecule has 2 aliphatic heterocycles. The number of carboxylic acid groups (broad SMARTS) is 1. The van der Waals surface area contributed by atoms with Crippen molar-refractivity contribution in [3.8, 4) is 5.75 Å². The van der Waals surface area contributed by atoms with E-state index in [1.54, 1.807) is 12.1 Å². The number of benzene rings is 1. The van der Waals surface area contributed by atoms with Gasteiger partial charge < -0.3 is 20.3 Å². The van der Waals surface area contributed by atoms with Gasteiger partial charge in [0.05, 0.1) is 6.10 Å². The van der Waals surface area contributed by atoms with Crippen LogP contribution in [-0.4, -0.2) is 58.4 Å². The van der Waals surface area contributed by atoms with E-state index in [1.165, 1.54) is 12.0 Å². The molecule has 1 aliphatic carbocycles. The summed E-state index contributed by atoms with van der Waals surface area (Å²) < 4.78 is 6.00. The summed E-state index contributed by atoms with van der Waals surface area (Å²) in [5.74, 6) is 0.716. The third-order valence-electron chi connectivity index (χ3n) is 7.25. The number of anilines is 1. The molecule has 5 rings (SSSR count). The van der Waals surface area contributed by atoms with Gasteiger partial charge in [-0.05, 0) is 74.1 Å². The van der Waals surface area contributed by atoms with Gasteiger partial charge in [0.2, 0.25) is 0 Å². The van der Waals surface area contributed by atoms with E-state index >= 15 is 0 Å². The fourth-order valence-electron chi connectivity index (χ4n) is 5.24. The van der Waals surface area contributed by atoms with Crippen molar-refractivity contribution < 1.29 is 19.7 Å². The van der Waals surface area contributed by atoms with Crippen molar-refractivity contribution in [1.82, 2.24) is 9.88 Å². The molecule has 7 heteroatoms. The van der Waals surface area contributed by atoms with Crippen LogP contribution in [0, 0.1) is 0 Å². The first-order valence-electron chi connectivity index (χ1n) is 12.7. The summed E-state index contributed by atoms with van der Waals surface area (Å²) in [4.78, 5) is 18.8. The fraction of sp³-hybridized carbons (Fsp3) is 0.556. The molecule has 2 fully saturated rings. The normalized spacial score (nSPS) is 19.2. The molecule has 34 heavy (non-hydrogen) atoms. The van der Waals surface area contributed by atoms with E-state index in [0.29, 0.717) is 25.6 Å². The van der Waals surface area contributed by atoms with Crippen LogP contribution in [0.25, 0.3) is 0 Å². The number of ether oxygens (including phenoxy) is 1. The number of nitrogens with zero attached hydrogens (tertiary/aromatic N) is 2. The number of likely N-dealkylation sites (tertiary alicyclic amines) is 1. The van der Waals surface area contributed by atoms with Gasteiger partial charge in [-0.1, -0.05) is 24.6 Å². The molecule has 0 bridgehead atoms. The van der Waals surface area contributed by atoms with Crippen LogP contribution in [0.15, 0.2) is 30.3 Å². The Hall–Kier alpha value is -2.64. The van der Waals surface area contributed by atoms with Crippen LogP contribution in [0.5, 0.6) is 5.75 Å². The third kappa shape index (κ3) is 5.20. The number of aromatic nitrogens is 1. The SMILES string of the molecule is O=C(O)C(c1cccc(O)c1C1CC1)N1CC(OCCCCCc2ccc3c(n2)NCCC3)C1. The summed E-state index contributed by atoms with van der Waals surface area (Å²) >= 11 is 0. The first-order valence-corrected chi connectivity index (χ1v) is 12.7. The van der Waals surface area contributed by atoms with Gasteiger partial charge in [-0.15, -0.1) is 0 Å². The largest absolute Gasteiger partial charge is 0.508 e. The Morgan fingerprint density at radius 3 is 2.82 bits per heavy atom. The molecule has 1 aromatic carbocycles. The van der Waals surface area contributed by atoms with Crippen LogP contribution in [-0.2, 0) is 22.4 Å². The number of carboxylic acids is 1. The quantitative estimate of drug-likeness (QED) is 0.427. The van der Waals surface area contributed by atoms with Crippen molar-refractivity contribution >= 4 is 11.8 Å². The Morgan fingerprint density at radius 1 is 1.18 bits per heavy atom. The second kappa shape index (κ2) is 10.3. The lowest BCUT2D eigenvalue weighted by Gasteiger charge is -2.43. The average molecular weight is 466 g/mol. The topological polar surface area (TPSA) is 94.9 Å². The van der Waals surface area contributed by atoms with E-state index in [0.717, 1.165) is 74.1 Å². The molecule has 7 nitrogen and oxygen atoms in total. The number of rotatable bonds is 11. The number of hydrogen-bond donors (Lipinski definition) is 3. The number of aryl methyl sites for hydroxylation is 2. The number of phenolic OH excluding ortho intramolecular Hbond substituents is 1. The number of hydrogen-bond acceptors (Lipinski definition) is 6. The number of unbranched alkanes of at least 4 members (excludes halogenated alkanes) is 2. The maximum atomic E-state index is 12.1. The summed E-state index contributed by atoms with van der Waals surface area (Å²) in [5.41, 5.74) is 4.04. The van der Waals surface area contributed by atoms with Crippen LogP contribution in [0.4, 0.5) is 5.82 Å². The van der Waals surface area contributed by atoms with Crippen LogP contribution in [0.3, 0.4) is 0 Å². The second-order valence-electron chi connectivity index (χ2n) is 9.89. The molecule has 1 aromatic heterocycles. The Labute approximate surface area is 201 Å². The maximum Gasteiger partial charge on any atom is 0.325 e. The zero-order valence-electron chi connectivity index (χ0n) is 19.7. The maximum absolute atomic E-state index is 12.1. The highest BCUT2D eigenvalue weighted by Crippen LogP contribution is 2.48. The number of nitrogens with one attached hydrogen (secondary N) is 1. The molecular weight excluding hydrogens is 430 g/mol. The lowest BCUT2D eigenvalue weighted by atomic mass is 9.93. The van der Waals surface area contributed by atoms with Crippen LogP contribution in [0.1, 0.15) is 72.9 Å². The molecule has 1 atom stereocenters. The Balaban J connectivity index is 1.03. The number of fused-ring (bicyclic) bond motifs is 1.